The third-order valence-electron chi connectivity index (χ3n) is 2.52. The van der Waals surface area contributed by atoms with Gasteiger partial charge in [-0.2, -0.15) is 11.8 Å². The van der Waals surface area contributed by atoms with Gasteiger partial charge in [-0.15, -0.1) is 0 Å². The number of halogens is 1. The largest absolute Gasteiger partial charge is 0.345 e. The van der Waals surface area contributed by atoms with Crippen molar-refractivity contribution in [3.05, 3.63) is 0 Å². The highest BCUT2D eigenvalue weighted by molar-refractivity contribution is 9.09. The Morgan fingerprint density at radius 3 is 2.93 bits per heavy atom. The summed E-state index contributed by atoms with van der Waals surface area (Å²) in [6, 6.07) is 0. The quantitative estimate of drug-likeness (QED) is 0.737. The highest BCUT2D eigenvalue weighted by Crippen LogP contribution is 2.24. The van der Waals surface area contributed by atoms with Gasteiger partial charge in [0.2, 0.25) is 5.91 Å². The van der Waals surface area contributed by atoms with E-state index >= 15 is 0 Å². The summed E-state index contributed by atoms with van der Waals surface area (Å²) in [4.78, 5) is 14.2. The number of carbonyl (C=O) groups excluding carboxylic acids is 1. The van der Waals surface area contributed by atoms with E-state index in [0.717, 1.165) is 30.9 Å². The number of hydrogen-bond acceptors (Lipinski definition) is 2. The van der Waals surface area contributed by atoms with E-state index in [9.17, 15) is 4.79 Å². The number of amides is 1. The fraction of sp³-hybridized carbons (Fsp3) is 0.900. The molecule has 4 heteroatoms. The summed E-state index contributed by atoms with van der Waals surface area (Å²) in [5.41, 5.74) is 0. The molecule has 2 unspecified atom stereocenters. The van der Waals surface area contributed by atoms with E-state index in [4.69, 9.17) is 0 Å². The van der Waals surface area contributed by atoms with Crippen molar-refractivity contribution in [2.45, 2.75) is 24.6 Å². The standard InChI is InChI=1S/C10H18BrNOS/c1-8(11)3-5-12(2)10(13)9-4-6-14-7-9/h8-9H,3-7H2,1-2H3. The highest BCUT2D eigenvalue weighted by Gasteiger charge is 2.25. The average molecular weight is 280 g/mol. The molecule has 0 N–H and O–H groups in total. The van der Waals surface area contributed by atoms with Gasteiger partial charge in [0.05, 0.1) is 0 Å². The minimum atomic E-state index is 0.288. The maximum absolute atomic E-state index is 11.9. The molecule has 0 aromatic heterocycles. The topological polar surface area (TPSA) is 20.3 Å². The molecule has 0 spiro atoms. The van der Waals surface area contributed by atoms with Gasteiger partial charge in [-0.25, -0.2) is 0 Å². The molecule has 0 bridgehead atoms. The Morgan fingerprint density at radius 1 is 1.71 bits per heavy atom. The molecule has 1 aliphatic heterocycles. The van der Waals surface area contributed by atoms with E-state index < -0.39 is 0 Å². The minimum Gasteiger partial charge on any atom is -0.345 e. The molecule has 0 aromatic carbocycles. The van der Waals surface area contributed by atoms with Gasteiger partial charge in [0, 0.05) is 30.1 Å². The Balaban J connectivity index is 2.28. The SMILES string of the molecule is CC(Br)CCN(C)C(=O)C1CCSC1. The van der Waals surface area contributed by atoms with Crippen molar-refractivity contribution in [2.75, 3.05) is 25.1 Å². The zero-order chi connectivity index (χ0) is 10.6. The second-order valence-electron chi connectivity index (χ2n) is 3.89. The van der Waals surface area contributed by atoms with Crippen molar-refractivity contribution in [1.29, 1.82) is 0 Å². The third-order valence-corrected chi connectivity index (χ3v) is 4.14. The van der Waals surface area contributed by atoms with Crippen LogP contribution >= 0.6 is 27.7 Å². The van der Waals surface area contributed by atoms with Gasteiger partial charge < -0.3 is 4.90 Å². The van der Waals surface area contributed by atoms with Crippen molar-refractivity contribution in [1.82, 2.24) is 4.90 Å². The van der Waals surface area contributed by atoms with Crippen LogP contribution in [0.25, 0.3) is 0 Å². The number of carbonyl (C=O) groups is 1. The molecule has 1 aliphatic rings. The molecule has 1 rings (SSSR count). The van der Waals surface area contributed by atoms with Crippen LogP contribution in [0.5, 0.6) is 0 Å². The molecule has 2 nitrogen and oxygen atoms in total. The van der Waals surface area contributed by atoms with Crippen LogP contribution in [-0.2, 0) is 4.79 Å². The van der Waals surface area contributed by atoms with E-state index in [0.29, 0.717) is 10.7 Å². The molecule has 0 saturated carbocycles. The molecule has 82 valence electrons. The van der Waals surface area contributed by atoms with Crippen molar-refractivity contribution in [3.8, 4) is 0 Å². The summed E-state index contributed by atoms with van der Waals surface area (Å²) in [6.07, 6.45) is 2.10. The van der Waals surface area contributed by atoms with E-state index in [1.54, 1.807) is 0 Å². The lowest BCUT2D eigenvalue weighted by molar-refractivity contribution is -0.133. The average Bonchev–Trinajstić information content (AvgIpc) is 2.65. The Hall–Kier alpha value is 0.300. The fourth-order valence-electron chi connectivity index (χ4n) is 1.52. The van der Waals surface area contributed by atoms with Gasteiger partial charge in [0.1, 0.15) is 0 Å². The third kappa shape index (κ3) is 3.81. The Labute approximate surface area is 98.9 Å². The molecule has 14 heavy (non-hydrogen) atoms. The molecule has 0 aliphatic carbocycles. The summed E-state index contributed by atoms with van der Waals surface area (Å²) < 4.78 is 0. The molecule has 0 aromatic rings. The molecular formula is C10H18BrNOS. The molecule has 1 amide bonds. The summed E-state index contributed by atoms with van der Waals surface area (Å²) in [5.74, 6) is 2.80. The van der Waals surface area contributed by atoms with Crippen LogP contribution in [-0.4, -0.2) is 40.7 Å². The van der Waals surface area contributed by atoms with Gasteiger partial charge >= 0.3 is 0 Å². The summed E-state index contributed by atoms with van der Waals surface area (Å²) in [5, 5.41) is 0. The van der Waals surface area contributed by atoms with Crippen LogP contribution in [0.15, 0.2) is 0 Å². The maximum atomic E-state index is 11.9. The van der Waals surface area contributed by atoms with Gasteiger partial charge in [0.25, 0.3) is 0 Å². The smallest absolute Gasteiger partial charge is 0.226 e. The first-order valence-corrected chi connectivity index (χ1v) is 7.15. The number of alkyl halides is 1. The van der Waals surface area contributed by atoms with Crippen molar-refractivity contribution >= 4 is 33.6 Å². The highest BCUT2D eigenvalue weighted by atomic mass is 79.9. The lowest BCUT2D eigenvalue weighted by Crippen LogP contribution is -2.34. The van der Waals surface area contributed by atoms with Crippen LogP contribution < -0.4 is 0 Å². The molecule has 0 radical (unpaired) electrons. The summed E-state index contributed by atoms with van der Waals surface area (Å²) >= 11 is 5.39. The number of rotatable bonds is 4. The van der Waals surface area contributed by atoms with Crippen LogP contribution in [0.3, 0.4) is 0 Å². The van der Waals surface area contributed by atoms with E-state index in [1.165, 1.54) is 0 Å². The lowest BCUT2D eigenvalue weighted by Gasteiger charge is -2.21. The van der Waals surface area contributed by atoms with E-state index in [1.807, 2.05) is 23.7 Å². The maximum Gasteiger partial charge on any atom is 0.226 e. The van der Waals surface area contributed by atoms with Crippen molar-refractivity contribution < 1.29 is 4.79 Å². The first-order valence-electron chi connectivity index (χ1n) is 5.08. The summed E-state index contributed by atoms with van der Waals surface area (Å²) in [6.45, 7) is 2.98. The Kier molecular flexibility index (Phi) is 5.31. The first kappa shape index (κ1) is 12.4. The van der Waals surface area contributed by atoms with Crippen LogP contribution in [0.2, 0.25) is 0 Å². The Bertz CT molecular complexity index is 193. The normalized spacial score (nSPS) is 23.5. The van der Waals surface area contributed by atoms with E-state index in [2.05, 4.69) is 22.9 Å². The molecule has 1 heterocycles. The minimum absolute atomic E-state index is 0.288. The molecular weight excluding hydrogens is 262 g/mol. The van der Waals surface area contributed by atoms with Gasteiger partial charge in [-0.1, -0.05) is 22.9 Å². The van der Waals surface area contributed by atoms with Crippen molar-refractivity contribution in [3.63, 3.8) is 0 Å². The van der Waals surface area contributed by atoms with Gasteiger partial charge in [-0.05, 0) is 18.6 Å². The van der Waals surface area contributed by atoms with E-state index in [-0.39, 0.29) is 5.92 Å². The van der Waals surface area contributed by atoms with Crippen LogP contribution in [0.4, 0.5) is 0 Å². The first-order chi connectivity index (χ1) is 6.61. The number of nitrogens with zero attached hydrogens (tertiary/aromatic N) is 1. The fourth-order valence-corrected chi connectivity index (χ4v) is 2.94. The zero-order valence-electron chi connectivity index (χ0n) is 8.83. The zero-order valence-corrected chi connectivity index (χ0v) is 11.2. The second-order valence-corrected chi connectivity index (χ2v) is 6.60. The Morgan fingerprint density at radius 2 is 2.43 bits per heavy atom. The van der Waals surface area contributed by atoms with Gasteiger partial charge in [-0.3, -0.25) is 4.79 Å². The second kappa shape index (κ2) is 6.01. The number of hydrogen-bond donors (Lipinski definition) is 0. The molecule has 1 saturated heterocycles. The van der Waals surface area contributed by atoms with Gasteiger partial charge in [0.15, 0.2) is 0 Å². The van der Waals surface area contributed by atoms with Crippen LogP contribution in [0.1, 0.15) is 19.8 Å². The number of thioether (sulfide) groups is 1. The monoisotopic (exact) mass is 279 g/mol. The predicted molar refractivity (Wildman–Crippen MR) is 66.1 cm³/mol. The molecule has 1 fully saturated rings. The lowest BCUT2D eigenvalue weighted by atomic mass is 10.1. The van der Waals surface area contributed by atoms with Crippen molar-refractivity contribution in [2.24, 2.45) is 5.92 Å². The predicted octanol–water partition coefficient (Wildman–Crippen LogP) is 2.37. The van der Waals surface area contributed by atoms with Crippen LogP contribution in [0, 0.1) is 5.92 Å². The molecule has 2 atom stereocenters. The summed E-state index contributed by atoms with van der Waals surface area (Å²) in [7, 11) is 1.92.